The first-order chi connectivity index (χ1) is 7.09. The van der Waals surface area contributed by atoms with Crippen molar-refractivity contribution in [3.63, 3.8) is 0 Å². The fourth-order valence-corrected chi connectivity index (χ4v) is 2.38. The van der Waals surface area contributed by atoms with E-state index in [4.69, 9.17) is 0 Å². The van der Waals surface area contributed by atoms with E-state index in [9.17, 15) is 10.2 Å². The average molecular weight is 272 g/mol. The van der Waals surface area contributed by atoms with Crippen LogP contribution in [-0.2, 0) is 0 Å². The highest BCUT2D eigenvalue weighted by Crippen LogP contribution is 2.32. The van der Waals surface area contributed by atoms with Gasteiger partial charge in [-0.25, -0.2) is 0 Å². The van der Waals surface area contributed by atoms with E-state index in [1.165, 1.54) is 0 Å². The molecular weight excluding hydrogens is 258 g/mol. The number of halogens is 1. The smallest absolute Gasteiger partial charge is 0.131 e. The Morgan fingerprint density at radius 1 is 1.47 bits per heavy atom. The Labute approximate surface area is 97.3 Å². The minimum Gasteiger partial charge on any atom is -0.393 e. The molecule has 1 aliphatic rings. The minimum absolute atomic E-state index is 0.0425. The van der Waals surface area contributed by atoms with Crippen LogP contribution in [0.2, 0.25) is 0 Å². The van der Waals surface area contributed by atoms with Crippen LogP contribution >= 0.6 is 15.9 Å². The predicted octanol–water partition coefficient (Wildman–Crippen LogP) is 1.51. The summed E-state index contributed by atoms with van der Waals surface area (Å²) in [5.74, 6) is 0.0425. The second-order valence-electron chi connectivity index (χ2n) is 3.93. The number of aliphatic hydroxyl groups is 2. The van der Waals surface area contributed by atoms with Crippen molar-refractivity contribution in [1.29, 1.82) is 0 Å². The third kappa shape index (κ3) is 2.08. The summed E-state index contributed by atoms with van der Waals surface area (Å²) >= 11 is 3.40. The van der Waals surface area contributed by atoms with Crippen LogP contribution in [0.4, 0.5) is 0 Å². The molecule has 15 heavy (non-hydrogen) atoms. The third-order valence-electron chi connectivity index (χ3n) is 2.86. The molecule has 3 unspecified atom stereocenters. The predicted molar refractivity (Wildman–Crippen MR) is 61.5 cm³/mol. The van der Waals surface area contributed by atoms with Gasteiger partial charge in [0.25, 0.3) is 0 Å². The van der Waals surface area contributed by atoms with Gasteiger partial charge >= 0.3 is 0 Å². The second kappa shape index (κ2) is 4.22. The molecule has 1 aromatic carbocycles. The summed E-state index contributed by atoms with van der Waals surface area (Å²) in [4.78, 5) is 0. The molecule has 3 N–H and O–H groups in total. The molecule has 0 saturated carbocycles. The van der Waals surface area contributed by atoms with Gasteiger partial charge in [0.2, 0.25) is 0 Å². The number of hydrogen-bond acceptors (Lipinski definition) is 3. The zero-order valence-corrected chi connectivity index (χ0v) is 10.0. The lowest BCUT2D eigenvalue weighted by Gasteiger charge is -2.31. The van der Waals surface area contributed by atoms with Gasteiger partial charge in [-0.3, -0.25) is 5.32 Å². The Morgan fingerprint density at radius 2 is 2.20 bits per heavy atom. The standard InChI is InChI=1S/C11H14BrNO2/c1-6(14)10-5-13-11(15)8-3-2-7(12)4-9(8)10/h2-4,6,10-11,13-15H,5H2,1H3. The highest BCUT2D eigenvalue weighted by molar-refractivity contribution is 9.10. The van der Waals surface area contributed by atoms with E-state index in [1.807, 2.05) is 18.2 Å². The highest BCUT2D eigenvalue weighted by Gasteiger charge is 2.28. The second-order valence-corrected chi connectivity index (χ2v) is 4.85. The fraction of sp³-hybridized carbons (Fsp3) is 0.455. The summed E-state index contributed by atoms with van der Waals surface area (Å²) < 4.78 is 0.973. The zero-order valence-electron chi connectivity index (χ0n) is 8.44. The number of rotatable bonds is 1. The van der Waals surface area contributed by atoms with Crippen molar-refractivity contribution in [1.82, 2.24) is 5.32 Å². The van der Waals surface area contributed by atoms with Crippen LogP contribution in [0.3, 0.4) is 0 Å². The van der Waals surface area contributed by atoms with Crippen molar-refractivity contribution < 1.29 is 10.2 Å². The molecule has 1 heterocycles. The number of aliphatic hydroxyl groups excluding tert-OH is 2. The van der Waals surface area contributed by atoms with Gasteiger partial charge in [0.15, 0.2) is 0 Å². The molecule has 0 spiro atoms. The van der Waals surface area contributed by atoms with E-state index in [2.05, 4.69) is 21.2 Å². The number of hydrogen-bond donors (Lipinski definition) is 3. The maximum absolute atomic E-state index is 9.74. The molecule has 0 aromatic heterocycles. The summed E-state index contributed by atoms with van der Waals surface area (Å²) in [6, 6.07) is 5.75. The number of benzene rings is 1. The quantitative estimate of drug-likeness (QED) is 0.726. The monoisotopic (exact) mass is 271 g/mol. The first-order valence-corrected chi connectivity index (χ1v) is 5.77. The van der Waals surface area contributed by atoms with Crippen molar-refractivity contribution in [2.75, 3.05) is 6.54 Å². The van der Waals surface area contributed by atoms with Crippen LogP contribution in [0, 0.1) is 0 Å². The lowest BCUT2D eigenvalue weighted by molar-refractivity contribution is 0.0977. The Balaban J connectivity index is 2.46. The maximum Gasteiger partial charge on any atom is 0.131 e. The van der Waals surface area contributed by atoms with Crippen molar-refractivity contribution in [3.05, 3.63) is 33.8 Å². The largest absolute Gasteiger partial charge is 0.393 e. The van der Waals surface area contributed by atoms with Crippen molar-refractivity contribution in [3.8, 4) is 0 Å². The first kappa shape index (κ1) is 11.1. The zero-order chi connectivity index (χ0) is 11.0. The van der Waals surface area contributed by atoms with Gasteiger partial charge in [-0.2, -0.15) is 0 Å². The summed E-state index contributed by atoms with van der Waals surface area (Å²) in [5, 5.41) is 22.4. The molecular formula is C11H14BrNO2. The summed E-state index contributed by atoms with van der Waals surface area (Å²) in [5.41, 5.74) is 1.88. The molecule has 1 aliphatic heterocycles. The fourth-order valence-electron chi connectivity index (χ4n) is 2.00. The lowest BCUT2D eigenvalue weighted by Crippen LogP contribution is -2.37. The Hall–Kier alpha value is -0.420. The third-order valence-corrected chi connectivity index (χ3v) is 3.35. The van der Waals surface area contributed by atoms with E-state index in [0.29, 0.717) is 6.54 Å². The number of fused-ring (bicyclic) bond motifs is 1. The molecule has 3 nitrogen and oxygen atoms in total. The molecule has 0 amide bonds. The van der Waals surface area contributed by atoms with Gasteiger partial charge in [0.05, 0.1) is 6.10 Å². The molecule has 82 valence electrons. The molecule has 2 rings (SSSR count). The van der Waals surface area contributed by atoms with E-state index < -0.39 is 12.3 Å². The topological polar surface area (TPSA) is 52.5 Å². The molecule has 0 aliphatic carbocycles. The van der Waals surface area contributed by atoms with Crippen LogP contribution in [0.15, 0.2) is 22.7 Å². The van der Waals surface area contributed by atoms with E-state index in [0.717, 1.165) is 15.6 Å². The van der Waals surface area contributed by atoms with Gasteiger partial charge in [0.1, 0.15) is 6.23 Å². The first-order valence-electron chi connectivity index (χ1n) is 4.98. The number of nitrogens with one attached hydrogen (secondary N) is 1. The van der Waals surface area contributed by atoms with Gasteiger partial charge < -0.3 is 10.2 Å². The highest BCUT2D eigenvalue weighted by atomic mass is 79.9. The molecule has 0 fully saturated rings. The van der Waals surface area contributed by atoms with E-state index in [-0.39, 0.29) is 5.92 Å². The van der Waals surface area contributed by atoms with Crippen LogP contribution in [0.25, 0.3) is 0 Å². The molecule has 3 atom stereocenters. The van der Waals surface area contributed by atoms with Crippen LogP contribution in [0.1, 0.15) is 30.2 Å². The molecule has 1 aromatic rings. The normalized spacial score (nSPS) is 27.2. The SMILES string of the molecule is CC(O)C1CNC(O)c2ccc(Br)cc21. The maximum atomic E-state index is 9.74. The molecule has 0 bridgehead atoms. The molecule has 4 heteroatoms. The summed E-state index contributed by atoms with van der Waals surface area (Å²) in [6.07, 6.45) is -1.04. The van der Waals surface area contributed by atoms with E-state index >= 15 is 0 Å². The summed E-state index contributed by atoms with van der Waals surface area (Å²) in [6.45, 7) is 2.37. The van der Waals surface area contributed by atoms with E-state index in [1.54, 1.807) is 6.92 Å². The van der Waals surface area contributed by atoms with Crippen LogP contribution in [-0.4, -0.2) is 22.9 Å². The Kier molecular flexibility index (Phi) is 3.11. The van der Waals surface area contributed by atoms with Crippen LogP contribution in [0.5, 0.6) is 0 Å². The van der Waals surface area contributed by atoms with Gasteiger partial charge in [-0.15, -0.1) is 0 Å². The van der Waals surface area contributed by atoms with Crippen molar-refractivity contribution in [2.45, 2.75) is 25.2 Å². The van der Waals surface area contributed by atoms with Crippen molar-refractivity contribution >= 4 is 15.9 Å². The van der Waals surface area contributed by atoms with Gasteiger partial charge in [-0.1, -0.05) is 22.0 Å². The van der Waals surface area contributed by atoms with Gasteiger partial charge in [-0.05, 0) is 30.2 Å². The Morgan fingerprint density at radius 3 is 2.87 bits per heavy atom. The minimum atomic E-state index is -0.622. The summed E-state index contributed by atoms with van der Waals surface area (Å²) in [7, 11) is 0. The van der Waals surface area contributed by atoms with Gasteiger partial charge in [0, 0.05) is 16.9 Å². The average Bonchev–Trinajstić information content (AvgIpc) is 2.17. The Bertz CT molecular complexity index is 368. The van der Waals surface area contributed by atoms with Crippen LogP contribution < -0.4 is 5.32 Å². The molecule has 0 saturated heterocycles. The lowest BCUT2D eigenvalue weighted by atomic mass is 9.87. The molecule has 0 radical (unpaired) electrons. The van der Waals surface area contributed by atoms with Crippen molar-refractivity contribution in [2.24, 2.45) is 0 Å².